The second kappa shape index (κ2) is 12.0. The number of carbonyl (C=O) groups is 1. The van der Waals surface area contributed by atoms with E-state index in [4.69, 9.17) is 14.7 Å². The molecule has 4 rings (SSSR count). The summed E-state index contributed by atoms with van der Waals surface area (Å²) in [5.74, 6) is -0.0995. The van der Waals surface area contributed by atoms with Crippen molar-refractivity contribution in [3.8, 4) is 17.8 Å². The van der Waals surface area contributed by atoms with Gasteiger partial charge < -0.3 is 14.8 Å². The van der Waals surface area contributed by atoms with Crippen molar-refractivity contribution in [3.63, 3.8) is 0 Å². The van der Waals surface area contributed by atoms with E-state index in [1.165, 1.54) is 12.1 Å². The molecule has 1 aliphatic rings. The molecular formula is C29H32FN5O3. The lowest BCUT2D eigenvalue weighted by molar-refractivity contribution is 0.0932. The fraction of sp³-hybridized carbons (Fsp3) is 0.379. The van der Waals surface area contributed by atoms with Crippen LogP contribution in [0.2, 0.25) is 0 Å². The Kier molecular flexibility index (Phi) is 8.54. The lowest BCUT2D eigenvalue weighted by atomic mass is 10.0. The van der Waals surface area contributed by atoms with Crippen LogP contribution in [0.15, 0.2) is 54.9 Å². The summed E-state index contributed by atoms with van der Waals surface area (Å²) < 4.78 is 25.8. The maximum absolute atomic E-state index is 14.4. The summed E-state index contributed by atoms with van der Waals surface area (Å²) in [5.41, 5.74) is 2.02. The van der Waals surface area contributed by atoms with Crippen molar-refractivity contribution in [2.75, 3.05) is 13.1 Å². The van der Waals surface area contributed by atoms with E-state index in [1.54, 1.807) is 12.4 Å². The Balaban J connectivity index is 1.54. The van der Waals surface area contributed by atoms with Gasteiger partial charge in [-0.3, -0.25) is 9.69 Å². The van der Waals surface area contributed by atoms with Gasteiger partial charge >= 0.3 is 0 Å². The van der Waals surface area contributed by atoms with Gasteiger partial charge in [0.05, 0.1) is 35.4 Å². The number of pyridine rings is 2. The Hall–Kier alpha value is -4.03. The number of amides is 1. The van der Waals surface area contributed by atoms with Crippen molar-refractivity contribution in [3.05, 3.63) is 82.9 Å². The van der Waals surface area contributed by atoms with Crippen LogP contribution >= 0.6 is 0 Å². The molecule has 1 atom stereocenters. The topological polar surface area (TPSA) is 100 Å². The van der Waals surface area contributed by atoms with Crippen molar-refractivity contribution < 1.29 is 18.7 Å². The van der Waals surface area contributed by atoms with Crippen LogP contribution in [-0.2, 0) is 0 Å². The molecule has 1 unspecified atom stereocenters. The lowest BCUT2D eigenvalue weighted by Gasteiger charge is -2.29. The van der Waals surface area contributed by atoms with Gasteiger partial charge in [0.25, 0.3) is 5.91 Å². The van der Waals surface area contributed by atoms with Gasteiger partial charge in [-0.25, -0.2) is 14.4 Å². The minimum Gasteiger partial charge on any atom is -0.475 e. The standard InChI is InChI=1S/C29H32FN5O3/c1-18(2)37-26-9-6-21(15-32-26)28(22-7-10-27(33-16-22)38-19(3)4)35-12-11-23(17-35)34-29(36)24-8-5-20(14-31)13-25(24)30/h5-10,13,15-16,18-19,23,28H,11-12,17H2,1-4H3,(H,34,36). The molecule has 198 valence electrons. The summed E-state index contributed by atoms with van der Waals surface area (Å²) in [6.07, 6.45) is 4.35. The van der Waals surface area contributed by atoms with E-state index in [-0.39, 0.29) is 35.4 Å². The molecule has 0 aliphatic carbocycles. The van der Waals surface area contributed by atoms with Crippen molar-refractivity contribution in [1.82, 2.24) is 20.2 Å². The van der Waals surface area contributed by atoms with E-state index in [2.05, 4.69) is 20.2 Å². The first kappa shape index (κ1) is 27.0. The first-order chi connectivity index (χ1) is 18.2. The van der Waals surface area contributed by atoms with E-state index in [0.717, 1.165) is 17.2 Å². The highest BCUT2D eigenvalue weighted by Crippen LogP contribution is 2.32. The van der Waals surface area contributed by atoms with Crippen LogP contribution in [0.4, 0.5) is 4.39 Å². The molecule has 1 aliphatic heterocycles. The number of halogens is 1. The zero-order valence-corrected chi connectivity index (χ0v) is 22.0. The van der Waals surface area contributed by atoms with E-state index in [9.17, 15) is 9.18 Å². The molecule has 0 radical (unpaired) electrons. The molecule has 8 nitrogen and oxygen atoms in total. The number of likely N-dealkylation sites (tertiary alicyclic amines) is 1. The first-order valence-corrected chi connectivity index (χ1v) is 12.7. The van der Waals surface area contributed by atoms with Crippen molar-refractivity contribution in [2.24, 2.45) is 0 Å². The summed E-state index contributed by atoms with van der Waals surface area (Å²) in [4.78, 5) is 24.0. The van der Waals surface area contributed by atoms with E-state index in [1.807, 2.05) is 58.0 Å². The monoisotopic (exact) mass is 517 g/mol. The summed E-state index contributed by atoms with van der Waals surface area (Å²) in [5, 5.41) is 11.9. The zero-order chi connectivity index (χ0) is 27.2. The lowest BCUT2D eigenvalue weighted by Crippen LogP contribution is -2.38. The highest BCUT2D eigenvalue weighted by atomic mass is 19.1. The summed E-state index contributed by atoms with van der Waals surface area (Å²) >= 11 is 0. The van der Waals surface area contributed by atoms with Crippen LogP contribution in [0.25, 0.3) is 0 Å². The largest absolute Gasteiger partial charge is 0.475 e. The van der Waals surface area contributed by atoms with Crippen LogP contribution in [0.1, 0.15) is 67.2 Å². The molecule has 0 saturated carbocycles. The van der Waals surface area contributed by atoms with Gasteiger partial charge in [0.1, 0.15) is 5.82 Å². The molecular weight excluding hydrogens is 485 g/mol. The Morgan fingerprint density at radius 1 is 1.03 bits per heavy atom. The first-order valence-electron chi connectivity index (χ1n) is 12.7. The predicted molar refractivity (Wildman–Crippen MR) is 140 cm³/mol. The second-order valence-electron chi connectivity index (χ2n) is 9.86. The Bertz CT molecular complexity index is 1240. The van der Waals surface area contributed by atoms with Crippen LogP contribution in [0.3, 0.4) is 0 Å². The number of benzene rings is 1. The Labute approximate surface area is 222 Å². The van der Waals surface area contributed by atoms with Gasteiger partial charge in [-0.1, -0.05) is 12.1 Å². The van der Waals surface area contributed by atoms with Gasteiger partial charge in [-0.15, -0.1) is 0 Å². The van der Waals surface area contributed by atoms with E-state index in [0.29, 0.717) is 31.3 Å². The number of nitrogens with one attached hydrogen (secondary N) is 1. The Morgan fingerprint density at radius 2 is 1.63 bits per heavy atom. The summed E-state index contributed by atoms with van der Waals surface area (Å²) in [6.45, 7) is 9.07. The number of aromatic nitrogens is 2. The minimum absolute atomic E-state index is 0.0192. The van der Waals surface area contributed by atoms with Gasteiger partial charge in [0, 0.05) is 43.7 Å². The molecule has 1 fully saturated rings. The number of carbonyl (C=O) groups excluding carboxylic acids is 1. The molecule has 1 N–H and O–H groups in total. The molecule has 1 amide bonds. The van der Waals surface area contributed by atoms with Gasteiger partial charge in [0.2, 0.25) is 11.8 Å². The third kappa shape index (κ3) is 6.64. The normalized spacial score (nSPS) is 15.6. The Morgan fingerprint density at radius 3 is 2.11 bits per heavy atom. The molecule has 3 aromatic rings. The fourth-order valence-corrected chi connectivity index (χ4v) is 4.52. The molecule has 3 heterocycles. The molecule has 0 spiro atoms. The number of nitrogens with zero attached hydrogens (tertiary/aromatic N) is 4. The molecule has 0 bridgehead atoms. The minimum atomic E-state index is -0.709. The van der Waals surface area contributed by atoms with Crippen molar-refractivity contribution >= 4 is 5.91 Å². The van der Waals surface area contributed by atoms with Crippen LogP contribution in [0, 0.1) is 17.1 Å². The highest BCUT2D eigenvalue weighted by Gasteiger charge is 2.32. The number of hydrogen-bond acceptors (Lipinski definition) is 7. The number of nitriles is 1. The van der Waals surface area contributed by atoms with Crippen LogP contribution < -0.4 is 14.8 Å². The molecule has 1 aromatic carbocycles. The molecule has 9 heteroatoms. The number of rotatable bonds is 9. The fourth-order valence-electron chi connectivity index (χ4n) is 4.52. The molecule has 1 saturated heterocycles. The zero-order valence-electron chi connectivity index (χ0n) is 22.0. The highest BCUT2D eigenvalue weighted by molar-refractivity contribution is 5.94. The van der Waals surface area contributed by atoms with Crippen molar-refractivity contribution in [1.29, 1.82) is 5.26 Å². The SMILES string of the molecule is CC(C)Oc1ccc(C(c2ccc(OC(C)C)nc2)N2CCC(NC(=O)c3ccc(C#N)cc3F)C2)cn1. The summed E-state index contributed by atoms with van der Waals surface area (Å²) in [6, 6.07) is 13.1. The van der Waals surface area contributed by atoms with Crippen molar-refractivity contribution in [2.45, 2.75) is 58.4 Å². The van der Waals surface area contributed by atoms with Gasteiger partial charge in [-0.2, -0.15) is 5.26 Å². The van der Waals surface area contributed by atoms with Gasteiger partial charge in [-0.05, 0) is 63.4 Å². The van der Waals surface area contributed by atoms with E-state index >= 15 is 0 Å². The predicted octanol–water partition coefficient (Wildman–Crippen LogP) is 4.66. The third-order valence-corrected chi connectivity index (χ3v) is 6.13. The average Bonchev–Trinajstić information content (AvgIpc) is 3.33. The van der Waals surface area contributed by atoms with Crippen LogP contribution in [0.5, 0.6) is 11.8 Å². The molecule has 38 heavy (non-hydrogen) atoms. The average molecular weight is 518 g/mol. The second-order valence-corrected chi connectivity index (χ2v) is 9.86. The van der Waals surface area contributed by atoms with E-state index < -0.39 is 11.7 Å². The smallest absolute Gasteiger partial charge is 0.254 e. The molecule has 2 aromatic heterocycles. The summed E-state index contributed by atoms with van der Waals surface area (Å²) in [7, 11) is 0. The number of hydrogen-bond donors (Lipinski definition) is 1. The third-order valence-electron chi connectivity index (χ3n) is 6.13. The quantitative estimate of drug-likeness (QED) is 0.441. The maximum atomic E-state index is 14.4. The number of ether oxygens (including phenoxy) is 2. The van der Waals surface area contributed by atoms with Crippen LogP contribution in [-0.4, -0.2) is 52.1 Å². The maximum Gasteiger partial charge on any atom is 0.254 e. The van der Waals surface area contributed by atoms with Gasteiger partial charge in [0.15, 0.2) is 0 Å².